The molecule has 88 valence electrons. The molecule has 0 saturated carbocycles. The lowest BCUT2D eigenvalue weighted by atomic mass is 10.3. The zero-order valence-electron chi connectivity index (χ0n) is 9.18. The van der Waals surface area contributed by atoms with Crippen LogP contribution in [0.4, 0.5) is 5.82 Å². The van der Waals surface area contributed by atoms with Crippen LogP contribution in [0.1, 0.15) is 17.4 Å². The van der Waals surface area contributed by atoms with Crippen molar-refractivity contribution in [3.05, 3.63) is 23.9 Å². The number of rotatable bonds is 5. The van der Waals surface area contributed by atoms with Gasteiger partial charge in [-0.15, -0.1) is 0 Å². The van der Waals surface area contributed by atoms with E-state index in [1.54, 1.807) is 18.2 Å². The zero-order valence-corrected chi connectivity index (χ0v) is 9.18. The van der Waals surface area contributed by atoms with Gasteiger partial charge in [-0.05, 0) is 19.1 Å². The van der Waals surface area contributed by atoms with Crippen LogP contribution in [0.2, 0.25) is 0 Å². The predicted molar refractivity (Wildman–Crippen MR) is 60.7 cm³/mol. The van der Waals surface area contributed by atoms with E-state index in [0.717, 1.165) is 0 Å². The normalized spacial score (nSPS) is 9.94. The first kappa shape index (κ1) is 12.4. The molecule has 0 aliphatic carbocycles. The number of anilines is 1. The molecule has 0 atom stereocenters. The second-order valence-corrected chi connectivity index (χ2v) is 3.16. The van der Waals surface area contributed by atoms with Crippen molar-refractivity contribution in [2.24, 2.45) is 5.84 Å². The van der Waals surface area contributed by atoms with Gasteiger partial charge in [0.05, 0.1) is 6.61 Å². The second-order valence-electron chi connectivity index (χ2n) is 3.16. The Morgan fingerprint density at radius 1 is 1.62 bits per heavy atom. The molecule has 6 heteroatoms. The molecule has 0 aromatic carbocycles. The van der Waals surface area contributed by atoms with E-state index in [1.165, 1.54) is 4.90 Å². The molecular weight excluding hydrogens is 208 g/mol. The molecule has 0 spiro atoms. The second kappa shape index (κ2) is 6.04. The van der Waals surface area contributed by atoms with Crippen molar-refractivity contribution in [1.82, 2.24) is 9.88 Å². The van der Waals surface area contributed by atoms with Crippen LogP contribution in [0.3, 0.4) is 0 Å². The Kier molecular flexibility index (Phi) is 4.68. The third kappa shape index (κ3) is 2.91. The average Bonchev–Trinajstić information content (AvgIpc) is 2.35. The van der Waals surface area contributed by atoms with Gasteiger partial charge in [-0.3, -0.25) is 4.79 Å². The van der Waals surface area contributed by atoms with Crippen molar-refractivity contribution >= 4 is 11.7 Å². The molecule has 1 amide bonds. The van der Waals surface area contributed by atoms with E-state index < -0.39 is 0 Å². The number of carbonyl (C=O) groups is 1. The maximum atomic E-state index is 11.9. The fraction of sp³-hybridized carbons (Fsp3) is 0.400. The van der Waals surface area contributed by atoms with Crippen molar-refractivity contribution in [1.29, 1.82) is 0 Å². The number of carbonyl (C=O) groups excluding carboxylic acids is 1. The molecule has 6 nitrogen and oxygen atoms in total. The maximum absolute atomic E-state index is 11.9. The summed E-state index contributed by atoms with van der Waals surface area (Å²) in [6.45, 7) is 2.62. The largest absolute Gasteiger partial charge is 0.395 e. The van der Waals surface area contributed by atoms with Crippen molar-refractivity contribution in [2.75, 3.05) is 25.1 Å². The summed E-state index contributed by atoms with van der Waals surface area (Å²) in [6.07, 6.45) is 0. The van der Waals surface area contributed by atoms with Crippen molar-refractivity contribution in [3.63, 3.8) is 0 Å². The number of nitrogen functional groups attached to an aromatic ring is 1. The molecule has 16 heavy (non-hydrogen) atoms. The highest BCUT2D eigenvalue weighted by molar-refractivity contribution is 5.92. The van der Waals surface area contributed by atoms with Gasteiger partial charge in [-0.2, -0.15) is 0 Å². The molecule has 1 heterocycles. The number of hydrogen-bond acceptors (Lipinski definition) is 5. The molecule has 0 radical (unpaired) electrons. The number of nitrogens with zero attached hydrogens (tertiary/aromatic N) is 2. The van der Waals surface area contributed by atoms with E-state index in [2.05, 4.69) is 10.4 Å². The van der Waals surface area contributed by atoms with E-state index in [-0.39, 0.29) is 12.5 Å². The number of aromatic nitrogens is 1. The minimum atomic E-state index is -0.214. The van der Waals surface area contributed by atoms with Crippen molar-refractivity contribution in [3.8, 4) is 0 Å². The molecule has 0 unspecified atom stereocenters. The summed E-state index contributed by atoms with van der Waals surface area (Å²) >= 11 is 0. The van der Waals surface area contributed by atoms with Gasteiger partial charge in [-0.25, -0.2) is 10.8 Å². The monoisotopic (exact) mass is 224 g/mol. The van der Waals surface area contributed by atoms with Crippen LogP contribution in [0.25, 0.3) is 0 Å². The highest BCUT2D eigenvalue weighted by Crippen LogP contribution is 2.06. The summed E-state index contributed by atoms with van der Waals surface area (Å²) < 4.78 is 0. The van der Waals surface area contributed by atoms with Crippen LogP contribution in [0, 0.1) is 0 Å². The Bertz CT molecular complexity index is 356. The van der Waals surface area contributed by atoms with Gasteiger partial charge in [0.15, 0.2) is 0 Å². The van der Waals surface area contributed by atoms with Gasteiger partial charge in [0, 0.05) is 13.1 Å². The standard InChI is InChI=1S/C10H16N4O2/c1-2-14(6-7-15)10(16)8-4-3-5-9(12-8)13-11/h3-5,15H,2,6-7,11H2,1H3,(H,12,13). The molecule has 0 aliphatic heterocycles. The maximum Gasteiger partial charge on any atom is 0.272 e. The van der Waals surface area contributed by atoms with Gasteiger partial charge in [-0.1, -0.05) is 6.07 Å². The van der Waals surface area contributed by atoms with Crippen LogP contribution in [0.5, 0.6) is 0 Å². The summed E-state index contributed by atoms with van der Waals surface area (Å²) in [7, 11) is 0. The topological polar surface area (TPSA) is 91.5 Å². The van der Waals surface area contributed by atoms with Crippen LogP contribution in [-0.2, 0) is 0 Å². The van der Waals surface area contributed by atoms with Crippen LogP contribution in [-0.4, -0.2) is 40.6 Å². The first-order valence-corrected chi connectivity index (χ1v) is 5.06. The van der Waals surface area contributed by atoms with E-state index >= 15 is 0 Å². The highest BCUT2D eigenvalue weighted by Gasteiger charge is 2.14. The number of nitrogens with one attached hydrogen (secondary N) is 1. The van der Waals surface area contributed by atoms with E-state index in [4.69, 9.17) is 10.9 Å². The minimum Gasteiger partial charge on any atom is -0.395 e. The Morgan fingerprint density at radius 3 is 2.94 bits per heavy atom. The third-order valence-electron chi connectivity index (χ3n) is 2.15. The summed E-state index contributed by atoms with van der Waals surface area (Å²) in [5.74, 6) is 5.43. The summed E-state index contributed by atoms with van der Waals surface area (Å²) in [6, 6.07) is 4.98. The Balaban J connectivity index is 2.85. The van der Waals surface area contributed by atoms with Gasteiger partial charge < -0.3 is 15.4 Å². The summed E-state index contributed by atoms with van der Waals surface area (Å²) in [5.41, 5.74) is 2.69. The third-order valence-corrected chi connectivity index (χ3v) is 2.15. The number of nitrogens with two attached hydrogens (primary N) is 1. The number of likely N-dealkylation sites (N-methyl/N-ethyl adjacent to an activating group) is 1. The van der Waals surface area contributed by atoms with E-state index in [1.807, 2.05) is 6.92 Å². The Hall–Kier alpha value is -1.66. The van der Waals surface area contributed by atoms with Crippen LogP contribution in [0.15, 0.2) is 18.2 Å². The molecular formula is C10H16N4O2. The number of hydrogen-bond donors (Lipinski definition) is 3. The fourth-order valence-electron chi connectivity index (χ4n) is 1.32. The van der Waals surface area contributed by atoms with Gasteiger partial charge in [0.25, 0.3) is 5.91 Å². The fourth-order valence-corrected chi connectivity index (χ4v) is 1.32. The lowest BCUT2D eigenvalue weighted by Gasteiger charge is -2.19. The molecule has 1 rings (SSSR count). The van der Waals surface area contributed by atoms with Crippen molar-refractivity contribution in [2.45, 2.75) is 6.92 Å². The van der Waals surface area contributed by atoms with Crippen molar-refractivity contribution < 1.29 is 9.90 Å². The molecule has 0 fully saturated rings. The number of aliphatic hydroxyl groups excluding tert-OH is 1. The van der Waals surface area contributed by atoms with Crippen LogP contribution < -0.4 is 11.3 Å². The lowest BCUT2D eigenvalue weighted by molar-refractivity contribution is 0.0726. The van der Waals surface area contributed by atoms with Crippen LogP contribution >= 0.6 is 0 Å². The number of aliphatic hydroxyl groups is 1. The minimum absolute atomic E-state index is 0.0611. The summed E-state index contributed by atoms with van der Waals surface area (Å²) in [5, 5.41) is 8.82. The molecule has 0 aliphatic rings. The molecule has 0 saturated heterocycles. The highest BCUT2D eigenvalue weighted by atomic mass is 16.3. The molecule has 4 N–H and O–H groups in total. The quantitative estimate of drug-likeness (QED) is 0.477. The number of amides is 1. The SMILES string of the molecule is CCN(CCO)C(=O)c1cccc(NN)n1. The first-order valence-electron chi connectivity index (χ1n) is 5.06. The number of pyridine rings is 1. The smallest absolute Gasteiger partial charge is 0.272 e. The molecule has 0 bridgehead atoms. The van der Waals surface area contributed by atoms with Gasteiger partial charge in [0.1, 0.15) is 11.5 Å². The Morgan fingerprint density at radius 2 is 2.38 bits per heavy atom. The van der Waals surface area contributed by atoms with E-state index in [0.29, 0.717) is 24.6 Å². The molecule has 1 aromatic heterocycles. The number of hydrazine groups is 1. The van der Waals surface area contributed by atoms with Gasteiger partial charge >= 0.3 is 0 Å². The lowest BCUT2D eigenvalue weighted by Crippen LogP contribution is -2.34. The summed E-state index contributed by atoms with van der Waals surface area (Å²) in [4.78, 5) is 17.5. The first-order chi connectivity index (χ1) is 7.72. The van der Waals surface area contributed by atoms with E-state index in [9.17, 15) is 4.79 Å². The average molecular weight is 224 g/mol. The zero-order chi connectivity index (χ0) is 12.0. The van der Waals surface area contributed by atoms with Gasteiger partial charge in [0.2, 0.25) is 0 Å². The Labute approximate surface area is 94.1 Å². The predicted octanol–water partition coefficient (Wildman–Crippen LogP) is -0.178. The molecule has 1 aromatic rings.